The molecule has 1 saturated heterocycles. The van der Waals surface area contributed by atoms with Crippen molar-refractivity contribution in [2.45, 2.75) is 31.8 Å². The lowest BCUT2D eigenvalue weighted by molar-refractivity contribution is 0.209. The molecule has 1 unspecified atom stereocenters. The summed E-state index contributed by atoms with van der Waals surface area (Å²) >= 11 is 0. The van der Waals surface area contributed by atoms with E-state index in [1.165, 1.54) is 34.3 Å². The van der Waals surface area contributed by atoms with Gasteiger partial charge in [0.2, 0.25) is 0 Å². The fraction of sp³-hybridized carbons (Fsp3) is 0.269. The molecule has 7 nitrogen and oxygen atoms in total. The fourth-order valence-electron chi connectivity index (χ4n) is 5.10. The molecule has 0 spiro atoms. The number of likely N-dealkylation sites (N-methyl/N-ethyl adjacent to an activating group) is 1. The van der Waals surface area contributed by atoms with E-state index in [-0.39, 0.29) is 18.4 Å². The van der Waals surface area contributed by atoms with Gasteiger partial charge in [-0.1, -0.05) is 0 Å². The zero-order valence-electron chi connectivity index (χ0n) is 19.5. The molecule has 4 aromatic rings. The Morgan fingerprint density at radius 1 is 1.03 bits per heavy atom. The van der Waals surface area contributed by atoms with Crippen LogP contribution in [0.3, 0.4) is 0 Å². The van der Waals surface area contributed by atoms with Gasteiger partial charge in [0.05, 0.1) is 18.0 Å². The van der Waals surface area contributed by atoms with Crippen molar-refractivity contribution in [3.8, 4) is 11.1 Å². The third kappa shape index (κ3) is 3.55. The number of halogens is 3. The van der Waals surface area contributed by atoms with Gasteiger partial charge in [-0.2, -0.15) is 0 Å². The highest BCUT2D eigenvalue weighted by molar-refractivity contribution is 6.01. The first-order valence-corrected chi connectivity index (χ1v) is 11.8. The maximum atomic E-state index is 15.6. The highest BCUT2D eigenvalue weighted by atomic mass is 19.1. The zero-order chi connectivity index (χ0) is 25.1. The Morgan fingerprint density at radius 3 is 2.44 bits per heavy atom. The van der Waals surface area contributed by atoms with Gasteiger partial charge < -0.3 is 15.2 Å². The summed E-state index contributed by atoms with van der Waals surface area (Å²) in [5.74, 6) is -1.68. The predicted octanol–water partition coefficient (Wildman–Crippen LogP) is 5.44. The van der Waals surface area contributed by atoms with Crippen LogP contribution in [0.5, 0.6) is 0 Å². The number of aromatic nitrogens is 3. The Kier molecular flexibility index (Phi) is 5.13. The molecule has 2 aliphatic rings. The largest absolute Gasteiger partial charge is 0.383 e. The first kappa shape index (κ1) is 22.4. The Morgan fingerprint density at radius 2 is 1.78 bits per heavy atom. The van der Waals surface area contributed by atoms with Crippen molar-refractivity contribution in [1.82, 2.24) is 19.4 Å². The Labute approximate surface area is 205 Å². The van der Waals surface area contributed by atoms with Gasteiger partial charge in [0, 0.05) is 41.7 Å². The van der Waals surface area contributed by atoms with Crippen molar-refractivity contribution in [2.75, 3.05) is 23.7 Å². The standard InChI is InChI=1S/C26H23F3N6O/c1-2-33-22(14-7-15(27)9-16(28)8-14)12-35(26(33)36)18-5-6-19(21(29)10-18)20-11-34(17-3-4-17)25-23(20)24(30)31-13-32-25/h5-11,13,17,22H,2-4,12H2,1H3,(H2,30,31,32). The fourth-order valence-corrected chi connectivity index (χ4v) is 5.10. The second-order valence-electron chi connectivity index (χ2n) is 9.20. The predicted molar refractivity (Wildman–Crippen MR) is 130 cm³/mol. The van der Waals surface area contributed by atoms with Crippen molar-refractivity contribution in [1.29, 1.82) is 0 Å². The molecular formula is C26H23F3N6O. The molecule has 2 amide bonds. The summed E-state index contributed by atoms with van der Waals surface area (Å²) < 4.78 is 45.3. The Balaban J connectivity index is 1.37. The zero-order valence-corrected chi connectivity index (χ0v) is 19.5. The summed E-state index contributed by atoms with van der Waals surface area (Å²) in [5.41, 5.74) is 8.45. The number of fused-ring (bicyclic) bond motifs is 1. The van der Waals surface area contributed by atoms with Crippen LogP contribution in [0.1, 0.15) is 37.4 Å². The number of hydrogen-bond donors (Lipinski definition) is 1. The van der Waals surface area contributed by atoms with Gasteiger partial charge in [-0.25, -0.2) is 27.9 Å². The molecule has 184 valence electrons. The first-order chi connectivity index (χ1) is 17.4. The number of nitrogens with two attached hydrogens (primary N) is 1. The molecule has 3 heterocycles. The number of carbonyl (C=O) groups excluding carboxylic acids is 1. The monoisotopic (exact) mass is 492 g/mol. The molecule has 1 saturated carbocycles. The van der Waals surface area contributed by atoms with Crippen LogP contribution in [-0.4, -0.2) is 38.6 Å². The van der Waals surface area contributed by atoms with Crippen LogP contribution < -0.4 is 10.6 Å². The molecule has 36 heavy (non-hydrogen) atoms. The third-order valence-electron chi connectivity index (χ3n) is 6.95. The number of benzene rings is 2. The Bertz CT molecular complexity index is 1500. The molecule has 0 radical (unpaired) electrons. The normalized spacial score (nSPS) is 18.0. The van der Waals surface area contributed by atoms with E-state index in [2.05, 4.69) is 9.97 Å². The second kappa shape index (κ2) is 8.25. The second-order valence-corrected chi connectivity index (χ2v) is 9.20. The average Bonchev–Trinajstić information content (AvgIpc) is 3.52. The van der Waals surface area contributed by atoms with Crippen LogP contribution in [0.2, 0.25) is 0 Å². The van der Waals surface area contributed by atoms with Crippen LogP contribution >= 0.6 is 0 Å². The minimum atomic E-state index is -0.712. The van der Waals surface area contributed by atoms with Gasteiger partial charge in [-0.05, 0) is 55.7 Å². The number of nitrogen functional groups attached to an aromatic ring is 1. The van der Waals surface area contributed by atoms with Gasteiger partial charge in [-0.15, -0.1) is 0 Å². The number of nitrogens with zero attached hydrogens (tertiary/aromatic N) is 5. The average molecular weight is 493 g/mol. The number of anilines is 2. The summed E-state index contributed by atoms with van der Waals surface area (Å²) in [6.45, 7) is 2.25. The first-order valence-electron chi connectivity index (χ1n) is 11.8. The van der Waals surface area contributed by atoms with E-state index in [9.17, 15) is 13.6 Å². The van der Waals surface area contributed by atoms with E-state index in [0.717, 1.165) is 18.9 Å². The van der Waals surface area contributed by atoms with Crippen molar-refractivity contribution in [3.05, 3.63) is 71.9 Å². The molecule has 2 aromatic carbocycles. The van der Waals surface area contributed by atoms with E-state index in [0.29, 0.717) is 46.0 Å². The minimum absolute atomic E-state index is 0.135. The summed E-state index contributed by atoms with van der Waals surface area (Å²) in [6, 6.07) is 7.20. The third-order valence-corrected chi connectivity index (χ3v) is 6.95. The molecule has 2 aromatic heterocycles. The van der Waals surface area contributed by atoms with E-state index < -0.39 is 23.5 Å². The summed E-state index contributed by atoms with van der Waals surface area (Å²) in [4.78, 5) is 24.6. The summed E-state index contributed by atoms with van der Waals surface area (Å²) in [5, 5.41) is 0.596. The maximum absolute atomic E-state index is 15.6. The smallest absolute Gasteiger partial charge is 0.325 e. The van der Waals surface area contributed by atoms with Crippen LogP contribution in [0, 0.1) is 17.5 Å². The van der Waals surface area contributed by atoms with Gasteiger partial charge >= 0.3 is 6.03 Å². The van der Waals surface area contributed by atoms with Crippen molar-refractivity contribution in [3.63, 3.8) is 0 Å². The van der Waals surface area contributed by atoms with Crippen LogP contribution in [-0.2, 0) is 0 Å². The highest BCUT2D eigenvalue weighted by Crippen LogP contribution is 2.43. The van der Waals surface area contributed by atoms with Crippen LogP contribution in [0.4, 0.5) is 29.5 Å². The molecule has 2 N–H and O–H groups in total. The van der Waals surface area contributed by atoms with E-state index >= 15 is 4.39 Å². The van der Waals surface area contributed by atoms with E-state index in [1.54, 1.807) is 19.1 Å². The van der Waals surface area contributed by atoms with Crippen LogP contribution in [0.25, 0.3) is 22.2 Å². The number of amides is 2. The summed E-state index contributed by atoms with van der Waals surface area (Å²) in [7, 11) is 0. The van der Waals surface area contributed by atoms with Crippen molar-refractivity contribution < 1.29 is 18.0 Å². The number of carbonyl (C=O) groups is 1. The van der Waals surface area contributed by atoms with E-state index in [4.69, 9.17) is 5.73 Å². The molecule has 0 bridgehead atoms. The molecule has 1 aliphatic heterocycles. The molecular weight excluding hydrogens is 469 g/mol. The lowest BCUT2D eigenvalue weighted by Crippen LogP contribution is -2.32. The van der Waals surface area contributed by atoms with Gasteiger partial charge in [-0.3, -0.25) is 4.90 Å². The SMILES string of the molecule is CCN1C(=O)N(c2ccc(-c3cn(C4CC4)c4ncnc(N)c34)c(F)c2)CC1c1cc(F)cc(F)c1. The molecule has 10 heteroatoms. The number of hydrogen-bond acceptors (Lipinski definition) is 4. The summed E-state index contributed by atoms with van der Waals surface area (Å²) in [6.07, 6.45) is 5.31. The lowest BCUT2D eigenvalue weighted by atomic mass is 10.0. The van der Waals surface area contributed by atoms with Gasteiger partial charge in [0.15, 0.2) is 0 Å². The minimum Gasteiger partial charge on any atom is -0.383 e. The van der Waals surface area contributed by atoms with Crippen LogP contribution in [0.15, 0.2) is 48.9 Å². The van der Waals surface area contributed by atoms with Gasteiger partial charge in [0.25, 0.3) is 0 Å². The molecule has 2 fully saturated rings. The van der Waals surface area contributed by atoms with E-state index in [1.807, 2.05) is 10.8 Å². The lowest BCUT2D eigenvalue weighted by Gasteiger charge is -2.21. The Hall–Kier alpha value is -4.08. The molecule has 1 atom stereocenters. The molecule has 1 aliphatic carbocycles. The highest BCUT2D eigenvalue weighted by Gasteiger charge is 2.38. The van der Waals surface area contributed by atoms with Gasteiger partial charge in [0.1, 0.15) is 35.2 Å². The van der Waals surface area contributed by atoms with Crippen molar-refractivity contribution >= 4 is 28.6 Å². The maximum Gasteiger partial charge on any atom is 0.325 e. The topological polar surface area (TPSA) is 80.3 Å². The number of rotatable bonds is 5. The molecule has 6 rings (SSSR count). The van der Waals surface area contributed by atoms with Crippen molar-refractivity contribution in [2.24, 2.45) is 0 Å². The quantitative estimate of drug-likeness (QED) is 0.403. The number of urea groups is 1.